The average Bonchev–Trinajstić information content (AvgIpc) is 3.20. The third-order valence-corrected chi connectivity index (χ3v) is 5.95. The molecule has 4 nitrogen and oxygen atoms in total. The van der Waals surface area contributed by atoms with Crippen LogP contribution in [0.3, 0.4) is 0 Å². The van der Waals surface area contributed by atoms with Gasteiger partial charge in [-0.1, -0.05) is 25.1 Å². The molecule has 26 heavy (non-hydrogen) atoms. The largest absolute Gasteiger partial charge is 0.273 e. The Balaban J connectivity index is 2.43. The van der Waals surface area contributed by atoms with Crippen molar-refractivity contribution < 1.29 is 0 Å². The number of rotatable bonds is 3. The van der Waals surface area contributed by atoms with Gasteiger partial charge in [0.05, 0.1) is 10.2 Å². The minimum atomic E-state index is -0.208. The van der Waals surface area contributed by atoms with E-state index in [-0.39, 0.29) is 11.1 Å². The molecular formula is C20H15N3OS2. The lowest BCUT2D eigenvalue weighted by Gasteiger charge is -2.08. The minimum Gasteiger partial charge on any atom is -0.267 e. The van der Waals surface area contributed by atoms with Gasteiger partial charge in [0.25, 0.3) is 5.56 Å². The van der Waals surface area contributed by atoms with Crippen molar-refractivity contribution >= 4 is 34.3 Å². The minimum absolute atomic E-state index is 0.0555. The van der Waals surface area contributed by atoms with E-state index in [0.29, 0.717) is 9.20 Å². The molecule has 0 amide bonds. The summed E-state index contributed by atoms with van der Waals surface area (Å²) in [5, 5.41) is 18.7. The smallest absolute Gasteiger partial charge is 0.267 e. The second kappa shape index (κ2) is 7.53. The van der Waals surface area contributed by atoms with Crippen LogP contribution in [-0.4, -0.2) is 4.57 Å². The number of hydrogen-bond acceptors (Lipinski definition) is 5. The highest BCUT2D eigenvalue weighted by molar-refractivity contribution is 7.13. The van der Waals surface area contributed by atoms with Gasteiger partial charge in [0.2, 0.25) is 0 Å². The van der Waals surface area contributed by atoms with E-state index in [2.05, 4.69) is 0 Å². The lowest BCUT2D eigenvalue weighted by Crippen LogP contribution is -2.31. The Morgan fingerprint density at radius 1 is 1.15 bits per heavy atom. The van der Waals surface area contributed by atoms with E-state index in [4.69, 9.17) is 0 Å². The topological polar surface area (TPSA) is 69.6 Å². The van der Waals surface area contributed by atoms with E-state index >= 15 is 0 Å². The third kappa shape index (κ3) is 3.25. The second-order valence-electron chi connectivity index (χ2n) is 5.59. The van der Waals surface area contributed by atoms with Crippen LogP contribution in [0.2, 0.25) is 0 Å². The molecule has 0 aliphatic heterocycles. The number of hydrogen-bond donors (Lipinski definition) is 0. The third-order valence-electron chi connectivity index (χ3n) is 3.91. The Bertz CT molecular complexity index is 1210. The maximum absolute atomic E-state index is 13.1. The number of aryl methyl sites for hydroxylation is 2. The standard InChI is InChI=1S/C20H15N3OS2/c1-3-14-6-4-5-7-17(14)23-19(24)18(10-16-9-8-13(2)25-16)26-20(23)15(11-21)12-22/h4-10H,3H2,1-2H3/b18-10+. The predicted molar refractivity (Wildman–Crippen MR) is 106 cm³/mol. The molecule has 0 aliphatic rings. The van der Waals surface area contributed by atoms with Gasteiger partial charge < -0.3 is 0 Å². The molecule has 0 bridgehead atoms. The lowest BCUT2D eigenvalue weighted by atomic mass is 10.1. The highest BCUT2D eigenvalue weighted by atomic mass is 32.1. The number of nitriles is 2. The summed E-state index contributed by atoms with van der Waals surface area (Å²) >= 11 is 2.78. The van der Waals surface area contributed by atoms with Crippen LogP contribution in [0.25, 0.3) is 17.3 Å². The molecule has 0 N–H and O–H groups in total. The summed E-state index contributed by atoms with van der Waals surface area (Å²) in [7, 11) is 0. The van der Waals surface area contributed by atoms with E-state index in [1.807, 2.05) is 68.5 Å². The second-order valence-corrected chi connectivity index (χ2v) is 7.94. The summed E-state index contributed by atoms with van der Waals surface area (Å²) in [6.45, 7) is 4.02. The van der Waals surface area contributed by atoms with Crippen LogP contribution >= 0.6 is 22.7 Å². The van der Waals surface area contributed by atoms with E-state index in [0.717, 1.165) is 27.4 Å². The zero-order chi connectivity index (χ0) is 18.7. The highest BCUT2D eigenvalue weighted by Crippen LogP contribution is 2.16. The number of para-hydroxylation sites is 1. The fraction of sp³-hybridized carbons (Fsp3) is 0.150. The Kier molecular flexibility index (Phi) is 5.18. The molecule has 3 rings (SSSR count). The highest BCUT2D eigenvalue weighted by Gasteiger charge is 2.13. The van der Waals surface area contributed by atoms with Crippen LogP contribution < -0.4 is 14.8 Å². The van der Waals surface area contributed by atoms with Crippen LogP contribution in [0.4, 0.5) is 0 Å². The average molecular weight is 377 g/mol. The normalized spacial score (nSPS) is 11.2. The Morgan fingerprint density at radius 3 is 2.50 bits per heavy atom. The molecule has 0 radical (unpaired) electrons. The molecule has 1 aromatic carbocycles. The monoisotopic (exact) mass is 377 g/mol. The molecule has 0 spiro atoms. The molecule has 0 saturated heterocycles. The number of benzene rings is 1. The van der Waals surface area contributed by atoms with Crippen molar-refractivity contribution in [2.24, 2.45) is 0 Å². The maximum Gasteiger partial charge on any atom is 0.273 e. The van der Waals surface area contributed by atoms with Crippen LogP contribution in [-0.2, 0) is 6.42 Å². The van der Waals surface area contributed by atoms with Crippen molar-refractivity contribution in [3.05, 3.63) is 71.3 Å². The Morgan fingerprint density at radius 2 is 1.88 bits per heavy atom. The molecule has 6 heteroatoms. The van der Waals surface area contributed by atoms with E-state index < -0.39 is 0 Å². The molecule has 0 unspecified atom stereocenters. The van der Waals surface area contributed by atoms with Gasteiger partial charge in [-0.15, -0.1) is 22.7 Å². The fourth-order valence-electron chi connectivity index (χ4n) is 2.68. The zero-order valence-electron chi connectivity index (χ0n) is 14.3. The van der Waals surface area contributed by atoms with Gasteiger partial charge in [-0.3, -0.25) is 9.36 Å². The van der Waals surface area contributed by atoms with E-state index in [1.165, 1.54) is 15.9 Å². The van der Waals surface area contributed by atoms with Crippen LogP contribution in [0.15, 0.2) is 41.2 Å². The molecule has 0 saturated carbocycles. The first-order valence-electron chi connectivity index (χ1n) is 8.01. The van der Waals surface area contributed by atoms with Crippen molar-refractivity contribution in [2.75, 3.05) is 0 Å². The van der Waals surface area contributed by atoms with Crippen molar-refractivity contribution in [1.82, 2.24) is 4.57 Å². The quantitative estimate of drug-likeness (QED) is 0.705. The first kappa shape index (κ1) is 17.9. The molecule has 3 aromatic rings. The predicted octanol–water partition coefficient (Wildman–Crippen LogP) is 2.86. The number of thiophene rings is 1. The maximum atomic E-state index is 13.1. The summed E-state index contributed by atoms with van der Waals surface area (Å²) < 4.78 is 2.38. The van der Waals surface area contributed by atoms with Crippen LogP contribution in [0.1, 0.15) is 22.2 Å². The van der Waals surface area contributed by atoms with Gasteiger partial charge >= 0.3 is 0 Å². The first-order valence-corrected chi connectivity index (χ1v) is 9.65. The summed E-state index contributed by atoms with van der Waals surface area (Å²) in [5.74, 6) is 0. The van der Waals surface area contributed by atoms with Crippen molar-refractivity contribution in [3.8, 4) is 17.8 Å². The first-order chi connectivity index (χ1) is 12.6. The van der Waals surface area contributed by atoms with Gasteiger partial charge in [-0.25, -0.2) is 0 Å². The number of thiazole rings is 1. The molecule has 0 aliphatic carbocycles. The van der Waals surface area contributed by atoms with Crippen molar-refractivity contribution in [1.29, 1.82) is 10.5 Å². The van der Waals surface area contributed by atoms with Gasteiger partial charge in [0.15, 0.2) is 5.57 Å². The summed E-state index contributed by atoms with van der Waals surface area (Å²) in [5.41, 5.74) is 1.44. The Labute approximate surface area is 158 Å². The van der Waals surface area contributed by atoms with Gasteiger partial charge in [-0.2, -0.15) is 10.5 Å². The molecule has 128 valence electrons. The van der Waals surface area contributed by atoms with Gasteiger partial charge in [0, 0.05) is 9.75 Å². The van der Waals surface area contributed by atoms with E-state index in [9.17, 15) is 15.3 Å². The molecular weight excluding hydrogens is 362 g/mol. The summed E-state index contributed by atoms with van der Waals surface area (Å²) in [6.07, 6.45) is 2.57. The van der Waals surface area contributed by atoms with E-state index in [1.54, 1.807) is 11.3 Å². The SMILES string of the molecule is CCc1ccccc1-n1c(=C(C#N)C#N)s/c(=C/c2ccc(C)s2)c1=O. The number of aromatic nitrogens is 1. The van der Waals surface area contributed by atoms with Crippen LogP contribution in [0.5, 0.6) is 0 Å². The Hall–Kier alpha value is -2.93. The van der Waals surface area contributed by atoms with Crippen LogP contribution in [0, 0.1) is 29.6 Å². The summed E-state index contributed by atoms with van der Waals surface area (Å²) in [4.78, 5) is 15.2. The lowest BCUT2D eigenvalue weighted by molar-refractivity contribution is 0.953. The summed E-state index contributed by atoms with van der Waals surface area (Å²) in [6, 6.07) is 15.4. The molecule has 2 aromatic heterocycles. The zero-order valence-corrected chi connectivity index (χ0v) is 15.9. The fourth-order valence-corrected chi connectivity index (χ4v) is 4.61. The van der Waals surface area contributed by atoms with Crippen molar-refractivity contribution in [3.63, 3.8) is 0 Å². The molecule has 0 fully saturated rings. The number of nitrogens with zero attached hydrogens (tertiary/aromatic N) is 3. The molecule has 2 heterocycles. The van der Waals surface area contributed by atoms with Gasteiger partial charge in [0.1, 0.15) is 16.8 Å². The molecule has 0 atom stereocenters. The van der Waals surface area contributed by atoms with Crippen molar-refractivity contribution in [2.45, 2.75) is 20.3 Å². The van der Waals surface area contributed by atoms with Gasteiger partial charge in [-0.05, 0) is 43.2 Å².